The molecular formula is C21H38N6O9. The van der Waals surface area contributed by atoms with Crippen molar-refractivity contribution in [3.8, 4) is 0 Å². The van der Waals surface area contributed by atoms with E-state index in [-0.39, 0.29) is 12.8 Å². The standard InChI is InChI=1S/C21H38N6O9/c22-9-3-1-5-12(24)18(32)25-14(7-8-16(28)29)20(34)26-13(6-2-4-10-23)19(33)27-15(21(35)36)11-17(30)31/h12-15H,1-11,22-24H2,(H,25,32)(H,26,34)(H,27,33)(H,28,29)(H,30,31)(H,35,36). The van der Waals surface area contributed by atoms with Crippen molar-refractivity contribution in [1.29, 1.82) is 0 Å². The van der Waals surface area contributed by atoms with Crippen molar-refractivity contribution in [2.75, 3.05) is 13.1 Å². The lowest BCUT2D eigenvalue weighted by molar-refractivity contribution is -0.147. The quantitative estimate of drug-likeness (QED) is 0.0753. The number of nitrogens with two attached hydrogens (primary N) is 3. The SMILES string of the molecule is NCCCCC(N)C(=O)NC(CCC(=O)O)C(=O)NC(CCCCN)C(=O)NC(CC(=O)O)C(=O)O. The van der Waals surface area contributed by atoms with E-state index in [4.69, 9.17) is 27.4 Å². The Morgan fingerprint density at radius 3 is 1.56 bits per heavy atom. The van der Waals surface area contributed by atoms with Crippen molar-refractivity contribution in [2.24, 2.45) is 17.2 Å². The van der Waals surface area contributed by atoms with Gasteiger partial charge < -0.3 is 48.5 Å². The number of amides is 3. The molecule has 0 aliphatic carbocycles. The van der Waals surface area contributed by atoms with Gasteiger partial charge >= 0.3 is 17.9 Å². The molecule has 36 heavy (non-hydrogen) atoms. The van der Waals surface area contributed by atoms with Gasteiger partial charge in [-0.1, -0.05) is 6.42 Å². The molecule has 0 aliphatic heterocycles. The fourth-order valence-electron chi connectivity index (χ4n) is 3.14. The Bertz CT molecular complexity index is 764. The molecule has 0 bridgehead atoms. The number of hydrogen-bond acceptors (Lipinski definition) is 9. The van der Waals surface area contributed by atoms with Crippen molar-refractivity contribution in [3.63, 3.8) is 0 Å². The number of carbonyl (C=O) groups excluding carboxylic acids is 3. The summed E-state index contributed by atoms with van der Waals surface area (Å²) < 4.78 is 0. The van der Waals surface area contributed by atoms with Crippen molar-refractivity contribution < 1.29 is 44.1 Å². The molecule has 0 heterocycles. The maximum absolute atomic E-state index is 12.9. The van der Waals surface area contributed by atoms with Gasteiger partial charge in [0.15, 0.2) is 0 Å². The molecule has 0 spiro atoms. The minimum absolute atomic E-state index is 0.0341. The van der Waals surface area contributed by atoms with Gasteiger partial charge in [-0.05, 0) is 51.6 Å². The Hall–Kier alpha value is -3.30. The van der Waals surface area contributed by atoms with Crippen molar-refractivity contribution in [2.45, 2.75) is 82.0 Å². The Kier molecular flexibility index (Phi) is 16.4. The summed E-state index contributed by atoms with van der Waals surface area (Å²) in [6.45, 7) is 0.708. The van der Waals surface area contributed by atoms with E-state index in [1.165, 1.54) is 0 Å². The Balaban J connectivity index is 5.53. The highest BCUT2D eigenvalue weighted by Gasteiger charge is 2.31. The largest absolute Gasteiger partial charge is 0.481 e. The van der Waals surface area contributed by atoms with Gasteiger partial charge in [0.1, 0.15) is 18.1 Å². The average Bonchev–Trinajstić information content (AvgIpc) is 2.79. The zero-order valence-corrected chi connectivity index (χ0v) is 20.1. The van der Waals surface area contributed by atoms with Crippen molar-refractivity contribution in [1.82, 2.24) is 16.0 Å². The summed E-state index contributed by atoms with van der Waals surface area (Å²) in [6.07, 6.45) is 0.736. The van der Waals surface area contributed by atoms with Gasteiger partial charge in [0.25, 0.3) is 0 Å². The molecule has 0 aromatic carbocycles. The second kappa shape index (κ2) is 18.0. The summed E-state index contributed by atoms with van der Waals surface area (Å²) in [4.78, 5) is 71.3. The zero-order chi connectivity index (χ0) is 27.7. The molecule has 4 unspecified atom stereocenters. The predicted octanol–water partition coefficient (Wildman–Crippen LogP) is -2.55. The fourth-order valence-corrected chi connectivity index (χ4v) is 3.14. The second-order valence-electron chi connectivity index (χ2n) is 8.23. The van der Waals surface area contributed by atoms with Crippen LogP contribution >= 0.6 is 0 Å². The van der Waals surface area contributed by atoms with Crippen LogP contribution in [0.3, 0.4) is 0 Å². The maximum Gasteiger partial charge on any atom is 0.326 e. The molecule has 15 heteroatoms. The Labute approximate surface area is 208 Å². The molecular weight excluding hydrogens is 480 g/mol. The first-order chi connectivity index (χ1) is 16.9. The van der Waals surface area contributed by atoms with Crippen LogP contribution < -0.4 is 33.2 Å². The number of nitrogens with one attached hydrogen (secondary N) is 3. The Morgan fingerprint density at radius 2 is 1.08 bits per heavy atom. The maximum atomic E-state index is 12.9. The van der Waals surface area contributed by atoms with Crippen molar-refractivity contribution >= 4 is 35.6 Å². The molecule has 0 aromatic heterocycles. The fraction of sp³-hybridized carbons (Fsp3) is 0.714. The number of carbonyl (C=O) groups is 6. The van der Waals surface area contributed by atoms with Crippen LogP contribution in [0.15, 0.2) is 0 Å². The molecule has 12 N–H and O–H groups in total. The van der Waals surface area contributed by atoms with Gasteiger partial charge in [-0.25, -0.2) is 4.79 Å². The average molecular weight is 519 g/mol. The van der Waals surface area contributed by atoms with Crippen LogP contribution in [0.25, 0.3) is 0 Å². The number of carboxylic acids is 3. The number of rotatable bonds is 20. The summed E-state index contributed by atoms with van der Waals surface area (Å²) in [5.74, 6) is -6.76. The minimum Gasteiger partial charge on any atom is -0.481 e. The zero-order valence-electron chi connectivity index (χ0n) is 20.1. The van der Waals surface area contributed by atoms with Gasteiger partial charge in [0.2, 0.25) is 17.7 Å². The molecule has 3 amide bonds. The Morgan fingerprint density at radius 1 is 0.611 bits per heavy atom. The van der Waals surface area contributed by atoms with Gasteiger partial charge in [0, 0.05) is 6.42 Å². The van der Waals surface area contributed by atoms with E-state index in [0.717, 1.165) is 0 Å². The van der Waals surface area contributed by atoms with Gasteiger partial charge in [-0.2, -0.15) is 0 Å². The summed E-state index contributed by atoms with van der Waals surface area (Å²) in [5.41, 5.74) is 16.7. The monoisotopic (exact) mass is 518 g/mol. The van der Waals surface area contributed by atoms with Crippen LogP contribution in [0, 0.1) is 0 Å². The normalized spacial score (nSPS) is 14.1. The number of unbranched alkanes of at least 4 members (excludes halogenated alkanes) is 2. The summed E-state index contributed by atoms with van der Waals surface area (Å²) >= 11 is 0. The van der Waals surface area contributed by atoms with Gasteiger partial charge in [-0.15, -0.1) is 0 Å². The van der Waals surface area contributed by atoms with Gasteiger partial charge in [0.05, 0.1) is 12.5 Å². The number of carboxylic acid groups (broad SMARTS) is 3. The molecule has 0 aromatic rings. The van der Waals surface area contributed by atoms with Crippen LogP contribution in [0.1, 0.15) is 57.8 Å². The second-order valence-corrected chi connectivity index (χ2v) is 8.23. The third-order valence-corrected chi connectivity index (χ3v) is 5.16. The smallest absolute Gasteiger partial charge is 0.326 e. The molecule has 206 valence electrons. The molecule has 0 rings (SSSR count). The molecule has 0 radical (unpaired) electrons. The molecule has 0 fully saturated rings. The van der Waals surface area contributed by atoms with E-state index in [0.29, 0.717) is 45.2 Å². The van der Waals surface area contributed by atoms with Gasteiger partial charge in [-0.3, -0.25) is 24.0 Å². The highest BCUT2D eigenvalue weighted by Crippen LogP contribution is 2.07. The molecule has 15 nitrogen and oxygen atoms in total. The van der Waals surface area contributed by atoms with Crippen LogP contribution in [0.4, 0.5) is 0 Å². The highest BCUT2D eigenvalue weighted by molar-refractivity contribution is 5.94. The predicted molar refractivity (Wildman–Crippen MR) is 126 cm³/mol. The van der Waals surface area contributed by atoms with E-state index in [1.807, 2.05) is 0 Å². The third-order valence-electron chi connectivity index (χ3n) is 5.16. The van der Waals surface area contributed by atoms with E-state index < -0.39 is 72.6 Å². The first-order valence-electron chi connectivity index (χ1n) is 11.7. The summed E-state index contributed by atoms with van der Waals surface area (Å²) in [5, 5.41) is 33.9. The van der Waals surface area contributed by atoms with Crippen LogP contribution in [-0.2, 0) is 28.8 Å². The van der Waals surface area contributed by atoms with E-state index >= 15 is 0 Å². The lowest BCUT2D eigenvalue weighted by Gasteiger charge is -2.25. The molecule has 0 saturated heterocycles. The van der Waals surface area contributed by atoms with E-state index in [2.05, 4.69) is 16.0 Å². The van der Waals surface area contributed by atoms with Crippen LogP contribution in [-0.4, -0.2) is 88.2 Å². The van der Waals surface area contributed by atoms with Crippen LogP contribution in [0.5, 0.6) is 0 Å². The first-order valence-corrected chi connectivity index (χ1v) is 11.7. The number of hydrogen-bond donors (Lipinski definition) is 9. The van der Waals surface area contributed by atoms with E-state index in [9.17, 15) is 33.9 Å². The summed E-state index contributed by atoms with van der Waals surface area (Å²) in [6, 6.07) is -5.33. The third kappa shape index (κ3) is 14.2. The molecule has 0 aliphatic rings. The minimum atomic E-state index is -1.74. The van der Waals surface area contributed by atoms with Crippen molar-refractivity contribution in [3.05, 3.63) is 0 Å². The van der Waals surface area contributed by atoms with E-state index in [1.54, 1.807) is 0 Å². The lowest BCUT2D eigenvalue weighted by Crippen LogP contribution is -2.57. The molecule has 0 saturated carbocycles. The van der Waals surface area contributed by atoms with Crippen LogP contribution in [0.2, 0.25) is 0 Å². The lowest BCUT2D eigenvalue weighted by atomic mass is 10.0. The number of aliphatic carboxylic acids is 3. The summed E-state index contributed by atoms with van der Waals surface area (Å²) in [7, 11) is 0. The highest BCUT2D eigenvalue weighted by atomic mass is 16.4. The first kappa shape index (κ1) is 32.7. The molecule has 4 atom stereocenters. The topological polar surface area (TPSA) is 277 Å².